The second kappa shape index (κ2) is 10.0. The van der Waals surface area contributed by atoms with E-state index < -0.39 is 0 Å². The maximum absolute atomic E-state index is 12.4. The van der Waals surface area contributed by atoms with Crippen LogP contribution in [-0.2, 0) is 17.8 Å². The Bertz CT molecular complexity index is 803. The molecule has 0 bridgehead atoms. The number of thiazole rings is 1. The SMILES string of the molecule is O=C(CN1CCCN(Cc2csc(Cc3ccc(Cl)cc3)n2)CC1)N1CCCC1. The van der Waals surface area contributed by atoms with Gasteiger partial charge in [0.25, 0.3) is 0 Å². The van der Waals surface area contributed by atoms with Crippen molar-refractivity contribution in [1.82, 2.24) is 19.7 Å². The zero-order chi connectivity index (χ0) is 20.1. The van der Waals surface area contributed by atoms with Crippen molar-refractivity contribution in [2.75, 3.05) is 45.8 Å². The number of halogens is 1. The predicted octanol–water partition coefficient (Wildman–Crippen LogP) is 3.52. The van der Waals surface area contributed by atoms with E-state index in [4.69, 9.17) is 16.6 Å². The standard InChI is InChI=1S/C22H29ClN4OS/c23-19-6-4-18(5-7-19)14-21-24-20(17-29-21)15-25-8-3-9-26(13-12-25)16-22(28)27-10-1-2-11-27/h4-7,17H,1-3,8-16H2. The van der Waals surface area contributed by atoms with Gasteiger partial charge in [-0.15, -0.1) is 11.3 Å². The number of amides is 1. The fourth-order valence-corrected chi connectivity index (χ4v) is 5.05. The minimum atomic E-state index is 0.308. The molecule has 1 aromatic carbocycles. The van der Waals surface area contributed by atoms with Gasteiger partial charge < -0.3 is 4.90 Å². The summed E-state index contributed by atoms with van der Waals surface area (Å²) in [5, 5.41) is 4.10. The number of carbonyl (C=O) groups is 1. The van der Waals surface area contributed by atoms with E-state index in [2.05, 4.69) is 27.3 Å². The minimum Gasteiger partial charge on any atom is -0.342 e. The first-order valence-corrected chi connectivity index (χ1v) is 11.8. The molecule has 1 aromatic heterocycles. The van der Waals surface area contributed by atoms with E-state index in [0.717, 1.165) is 87.2 Å². The number of carbonyl (C=O) groups excluding carboxylic acids is 1. The monoisotopic (exact) mass is 432 g/mol. The second-order valence-electron chi connectivity index (χ2n) is 8.03. The molecule has 156 valence electrons. The van der Waals surface area contributed by atoms with Gasteiger partial charge in [0, 0.05) is 49.5 Å². The molecule has 0 saturated carbocycles. The average Bonchev–Trinajstić information content (AvgIpc) is 3.35. The summed E-state index contributed by atoms with van der Waals surface area (Å²) in [4.78, 5) is 24.1. The highest BCUT2D eigenvalue weighted by molar-refractivity contribution is 7.09. The molecule has 2 aliphatic rings. The summed E-state index contributed by atoms with van der Waals surface area (Å²) in [6, 6.07) is 8.00. The minimum absolute atomic E-state index is 0.308. The Morgan fingerprint density at radius 1 is 0.966 bits per heavy atom. The Morgan fingerprint density at radius 3 is 2.48 bits per heavy atom. The number of aromatic nitrogens is 1. The van der Waals surface area contributed by atoms with E-state index in [9.17, 15) is 4.79 Å². The van der Waals surface area contributed by atoms with E-state index in [0.29, 0.717) is 12.5 Å². The summed E-state index contributed by atoms with van der Waals surface area (Å²) in [6.45, 7) is 7.40. The third kappa shape index (κ3) is 6.01. The van der Waals surface area contributed by atoms with Crippen LogP contribution in [0.25, 0.3) is 0 Å². The maximum atomic E-state index is 12.4. The molecule has 0 N–H and O–H groups in total. The zero-order valence-electron chi connectivity index (χ0n) is 16.9. The first-order valence-electron chi connectivity index (χ1n) is 10.6. The van der Waals surface area contributed by atoms with Crippen molar-refractivity contribution < 1.29 is 4.79 Å². The lowest BCUT2D eigenvalue weighted by molar-refractivity contribution is -0.131. The van der Waals surface area contributed by atoms with Gasteiger partial charge in [0.2, 0.25) is 5.91 Å². The third-order valence-corrected chi connectivity index (χ3v) is 6.90. The van der Waals surface area contributed by atoms with Crippen LogP contribution in [0.3, 0.4) is 0 Å². The molecule has 4 rings (SSSR count). The van der Waals surface area contributed by atoms with Gasteiger partial charge >= 0.3 is 0 Å². The highest BCUT2D eigenvalue weighted by Gasteiger charge is 2.22. The summed E-state index contributed by atoms with van der Waals surface area (Å²) < 4.78 is 0. The Labute approximate surface area is 182 Å². The molecule has 0 aliphatic carbocycles. The quantitative estimate of drug-likeness (QED) is 0.700. The summed E-state index contributed by atoms with van der Waals surface area (Å²) in [5.41, 5.74) is 2.39. The highest BCUT2D eigenvalue weighted by atomic mass is 35.5. The molecule has 2 fully saturated rings. The average molecular weight is 433 g/mol. The number of benzene rings is 1. The zero-order valence-corrected chi connectivity index (χ0v) is 18.4. The lowest BCUT2D eigenvalue weighted by atomic mass is 10.2. The highest BCUT2D eigenvalue weighted by Crippen LogP contribution is 2.18. The Hall–Kier alpha value is -1.47. The van der Waals surface area contributed by atoms with Crippen molar-refractivity contribution in [3.05, 3.63) is 50.9 Å². The lowest BCUT2D eigenvalue weighted by Gasteiger charge is -2.23. The van der Waals surface area contributed by atoms with E-state index >= 15 is 0 Å². The van der Waals surface area contributed by atoms with Crippen LogP contribution in [0.5, 0.6) is 0 Å². The van der Waals surface area contributed by atoms with Crippen LogP contribution in [0.4, 0.5) is 0 Å². The molecule has 0 radical (unpaired) electrons. The van der Waals surface area contributed by atoms with Gasteiger partial charge in [0.15, 0.2) is 0 Å². The van der Waals surface area contributed by atoms with Crippen molar-refractivity contribution in [1.29, 1.82) is 0 Å². The first kappa shape index (κ1) is 20.8. The number of likely N-dealkylation sites (tertiary alicyclic amines) is 1. The first-order chi connectivity index (χ1) is 14.2. The van der Waals surface area contributed by atoms with Gasteiger partial charge in [0.05, 0.1) is 17.2 Å². The molecule has 0 atom stereocenters. The molecule has 5 nitrogen and oxygen atoms in total. The number of rotatable bonds is 6. The van der Waals surface area contributed by atoms with Crippen LogP contribution in [0.1, 0.15) is 35.5 Å². The molecule has 1 amide bonds. The predicted molar refractivity (Wildman–Crippen MR) is 119 cm³/mol. The molecule has 0 unspecified atom stereocenters. The van der Waals surface area contributed by atoms with Gasteiger partial charge in [-0.25, -0.2) is 4.98 Å². The molecule has 3 heterocycles. The lowest BCUT2D eigenvalue weighted by Crippen LogP contribution is -2.40. The van der Waals surface area contributed by atoms with E-state index in [-0.39, 0.29) is 0 Å². The normalized spacial score (nSPS) is 18.9. The molecule has 2 saturated heterocycles. The Kier molecular flexibility index (Phi) is 7.19. The molecule has 2 aliphatic heterocycles. The maximum Gasteiger partial charge on any atom is 0.236 e. The summed E-state index contributed by atoms with van der Waals surface area (Å²) in [5.74, 6) is 0.308. The van der Waals surface area contributed by atoms with E-state index in [1.807, 2.05) is 17.0 Å². The van der Waals surface area contributed by atoms with Crippen LogP contribution in [0.2, 0.25) is 5.02 Å². The second-order valence-corrected chi connectivity index (χ2v) is 9.41. The van der Waals surface area contributed by atoms with Crippen LogP contribution >= 0.6 is 22.9 Å². The summed E-state index contributed by atoms with van der Waals surface area (Å²) >= 11 is 7.70. The molecule has 29 heavy (non-hydrogen) atoms. The third-order valence-electron chi connectivity index (χ3n) is 5.75. The fourth-order valence-electron chi connectivity index (χ4n) is 4.11. The van der Waals surface area contributed by atoms with Crippen molar-refractivity contribution in [3.8, 4) is 0 Å². The van der Waals surface area contributed by atoms with E-state index in [1.165, 1.54) is 5.56 Å². The van der Waals surface area contributed by atoms with Gasteiger partial charge in [-0.3, -0.25) is 14.6 Å². The van der Waals surface area contributed by atoms with Gasteiger partial charge in [-0.05, 0) is 50.0 Å². The van der Waals surface area contributed by atoms with Gasteiger partial charge in [0.1, 0.15) is 0 Å². The number of hydrogen-bond acceptors (Lipinski definition) is 5. The van der Waals surface area contributed by atoms with Gasteiger partial charge in [-0.2, -0.15) is 0 Å². The molecular weight excluding hydrogens is 404 g/mol. The summed E-state index contributed by atoms with van der Waals surface area (Å²) in [6.07, 6.45) is 4.28. The van der Waals surface area contributed by atoms with Crippen LogP contribution in [0.15, 0.2) is 29.6 Å². The largest absolute Gasteiger partial charge is 0.342 e. The topological polar surface area (TPSA) is 39.7 Å². The van der Waals surface area contributed by atoms with Crippen LogP contribution < -0.4 is 0 Å². The molecular formula is C22H29ClN4OS. The molecule has 7 heteroatoms. The van der Waals surface area contributed by atoms with Gasteiger partial charge in [-0.1, -0.05) is 23.7 Å². The van der Waals surface area contributed by atoms with Crippen LogP contribution in [-0.4, -0.2) is 71.4 Å². The Balaban J connectivity index is 1.25. The smallest absolute Gasteiger partial charge is 0.236 e. The van der Waals surface area contributed by atoms with Crippen LogP contribution in [0, 0.1) is 0 Å². The summed E-state index contributed by atoms with van der Waals surface area (Å²) in [7, 11) is 0. The molecule has 2 aromatic rings. The van der Waals surface area contributed by atoms with Crippen molar-refractivity contribution in [3.63, 3.8) is 0 Å². The number of nitrogens with zero attached hydrogens (tertiary/aromatic N) is 4. The molecule has 0 spiro atoms. The fraction of sp³-hybridized carbons (Fsp3) is 0.545. The van der Waals surface area contributed by atoms with Crippen molar-refractivity contribution in [2.24, 2.45) is 0 Å². The number of hydrogen-bond donors (Lipinski definition) is 0. The van der Waals surface area contributed by atoms with Crippen molar-refractivity contribution >= 4 is 28.8 Å². The van der Waals surface area contributed by atoms with Crippen molar-refractivity contribution in [2.45, 2.75) is 32.2 Å². The van der Waals surface area contributed by atoms with E-state index in [1.54, 1.807) is 11.3 Å². The Morgan fingerprint density at radius 2 is 1.69 bits per heavy atom.